The van der Waals surface area contributed by atoms with E-state index in [1.165, 1.54) is 25.3 Å². The van der Waals surface area contributed by atoms with E-state index in [9.17, 15) is 9.50 Å². The van der Waals surface area contributed by atoms with Crippen molar-refractivity contribution in [2.45, 2.75) is 25.8 Å². The molecule has 0 radical (unpaired) electrons. The summed E-state index contributed by atoms with van der Waals surface area (Å²) in [6, 6.07) is 6.43. The molecule has 1 fully saturated rings. The molecule has 2 heterocycles. The second-order valence-corrected chi connectivity index (χ2v) is 5.51. The SMILES string of the molecule is Oc1nn(CCN2CCCCC2)cc1-c1ccccc1F. The van der Waals surface area contributed by atoms with Crippen molar-refractivity contribution in [3.8, 4) is 17.0 Å². The third kappa shape index (κ3) is 3.24. The van der Waals surface area contributed by atoms with Crippen LogP contribution < -0.4 is 0 Å². The number of hydrogen-bond acceptors (Lipinski definition) is 3. The molecule has 0 atom stereocenters. The summed E-state index contributed by atoms with van der Waals surface area (Å²) in [6.07, 6.45) is 5.55. The Morgan fingerprint density at radius 2 is 1.81 bits per heavy atom. The molecule has 21 heavy (non-hydrogen) atoms. The van der Waals surface area contributed by atoms with Gasteiger partial charge in [-0.05, 0) is 32.0 Å². The predicted molar refractivity (Wildman–Crippen MR) is 79.6 cm³/mol. The average molecular weight is 289 g/mol. The first-order chi connectivity index (χ1) is 10.2. The van der Waals surface area contributed by atoms with E-state index in [-0.39, 0.29) is 11.7 Å². The van der Waals surface area contributed by atoms with E-state index in [0.29, 0.717) is 17.7 Å². The van der Waals surface area contributed by atoms with Crippen molar-refractivity contribution in [2.75, 3.05) is 19.6 Å². The van der Waals surface area contributed by atoms with E-state index in [1.54, 1.807) is 29.1 Å². The predicted octanol–water partition coefficient (Wildman–Crippen LogP) is 2.88. The first-order valence-electron chi connectivity index (χ1n) is 7.48. The zero-order valence-corrected chi connectivity index (χ0v) is 12.0. The van der Waals surface area contributed by atoms with Gasteiger partial charge < -0.3 is 10.0 Å². The average Bonchev–Trinajstić information content (AvgIpc) is 2.88. The van der Waals surface area contributed by atoms with Crippen LogP contribution in [0.25, 0.3) is 11.1 Å². The fourth-order valence-corrected chi connectivity index (χ4v) is 2.82. The summed E-state index contributed by atoms with van der Waals surface area (Å²) in [5, 5.41) is 14.0. The highest BCUT2D eigenvalue weighted by atomic mass is 19.1. The lowest BCUT2D eigenvalue weighted by molar-refractivity contribution is 0.217. The minimum atomic E-state index is -0.344. The molecule has 1 aromatic heterocycles. The van der Waals surface area contributed by atoms with E-state index < -0.39 is 0 Å². The van der Waals surface area contributed by atoms with Crippen molar-refractivity contribution in [3.63, 3.8) is 0 Å². The Morgan fingerprint density at radius 3 is 2.57 bits per heavy atom. The maximum atomic E-state index is 13.8. The van der Waals surface area contributed by atoms with Crippen molar-refractivity contribution in [1.82, 2.24) is 14.7 Å². The van der Waals surface area contributed by atoms with Gasteiger partial charge in [-0.1, -0.05) is 24.6 Å². The minimum absolute atomic E-state index is 0.112. The second kappa shape index (κ2) is 6.26. The van der Waals surface area contributed by atoms with Crippen LogP contribution in [-0.4, -0.2) is 39.4 Å². The molecule has 112 valence electrons. The van der Waals surface area contributed by atoms with Gasteiger partial charge in [0.15, 0.2) is 0 Å². The van der Waals surface area contributed by atoms with Gasteiger partial charge in [-0.15, -0.1) is 5.10 Å². The number of halogens is 1. The largest absolute Gasteiger partial charge is 0.492 e. The van der Waals surface area contributed by atoms with E-state index in [4.69, 9.17) is 0 Å². The molecule has 4 nitrogen and oxygen atoms in total. The summed E-state index contributed by atoms with van der Waals surface area (Å²) in [5.74, 6) is -0.456. The molecule has 1 saturated heterocycles. The summed E-state index contributed by atoms with van der Waals surface area (Å²) in [5.41, 5.74) is 0.839. The Labute approximate surface area is 123 Å². The molecule has 0 aliphatic carbocycles. The maximum absolute atomic E-state index is 13.8. The van der Waals surface area contributed by atoms with Gasteiger partial charge in [-0.3, -0.25) is 4.68 Å². The van der Waals surface area contributed by atoms with Gasteiger partial charge in [0.25, 0.3) is 0 Å². The highest BCUT2D eigenvalue weighted by molar-refractivity contribution is 5.68. The van der Waals surface area contributed by atoms with Crippen LogP contribution in [0.4, 0.5) is 4.39 Å². The number of piperidine rings is 1. The van der Waals surface area contributed by atoms with E-state index in [1.807, 2.05) is 0 Å². The number of aromatic hydroxyl groups is 1. The van der Waals surface area contributed by atoms with Crippen molar-refractivity contribution in [2.24, 2.45) is 0 Å². The lowest BCUT2D eigenvalue weighted by Crippen LogP contribution is -2.32. The zero-order chi connectivity index (χ0) is 14.7. The normalized spacial score (nSPS) is 16.2. The molecule has 0 spiro atoms. The van der Waals surface area contributed by atoms with Gasteiger partial charge in [-0.25, -0.2) is 4.39 Å². The Balaban J connectivity index is 1.71. The van der Waals surface area contributed by atoms with Gasteiger partial charge in [0.05, 0.1) is 12.1 Å². The Hall–Kier alpha value is -1.88. The number of nitrogens with zero attached hydrogens (tertiary/aromatic N) is 3. The molecule has 2 aromatic rings. The van der Waals surface area contributed by atoms with Gasteiger partial charge in [0.2, 0.25) is 5.88 Å². The minimum Gasteiger partial charge on any atom is -0.492 e. The third-order valence-corrected chi connectivity index (χ3v) is 4.00. The highest BCUT2D eigenvalue weighted by Crippen LogP contribution is 2.29. The third-order valence-electron chi connectivity index (χ3n) is 4.00. The topological polar surface area (TPSA) is 41.3 Å². The van der Waals surface area contributed by atoms with Crippen LogP contribution in [0.1, 0.15) is 19.3 Å². The summed E-state index contributed by atoms with van der Waals surface area (Å²) in [6.45, 7) is 3.89. The zero-order valence-electron chi connectivity index (χ0n) is 12.0. The van der Waals surface area contributed by atoms with Crippen molar-refractivity contribution in [3.05, 3.63) is 36.3 Å². The number of benzene rings is 1. The molecular formula is C16H20FN3O. The Kier molecular flexibility index (Phi) is 4.20. The molecule has 0 bridgehead atoms. The lowest BCUT2D eigenvalue weighted by Gasteiger charge is -2.26. The smallest absolute Gasteiger partial charge is 0.238 e. The summed E-state index contributed by atoms with van der Waals surface area (Å²) < 4.78 is 15.5. The first-order valence-corrected chi connectivity index (χ1v) is 7.48. The van der Waals surface area contributed by atoms with Crippen molar-refractivity contribution >= 4 is 0 Å². The summed E-state index contributed by atoms with van der Waals surface area (Å²) >= 11 is 0. The van der Waals surface area contributed by atoms with Crippen LogP contribution in [-0.2, 0) is 6.54 Å². The van der Waals surface area contributed by atoms with Crippen molar-refractivity contribution in [1.29, 1.82) is 0 Å². The number of rotatable bonds is 4. The second-order valence-electron chi connectivity index (χ2n) is 5.51. The maximum Gasteiger partial charge on any atom is 0.238 e. The molecule has 1 aromatic carbocycles. The number of likely N-dealkylation sites (tertiary alicyclic amines) is 1. The van der Waals surface area contributed by atoms with Crippen LogP contribution in [0.3, 0.4) is 0 Å². The highest BCUT2D eigenvalue weighted by Gasteiger charge is 2.14. The molecule has 0 saturated carbocycles. The molecule has 1 aliphatic rings. The molecule has 0 amide bonds. The van der Waals surface area contributed by atoms with Gasteiger partial charge in [0, 0.05) is 18.3 Å². The van der Waals surface area contributed by atoms with E-state index in [0.717, 1.165) is 19.6 Å². The molecule has 1 N–H and O–H groups in total. The number of aromatic nitrogens is 2. The summed E-state index contributed by atoms with van der Waals surface area (Å²) in [4.78, 5) is 2.41. The van der Waals surface area contributed by atoms with Gasteiger partial charge in [0.1, 0.15) is 5.82 Å². The molecular weight excluding hydrogens is 269 g/mol. The molecule has 5 heteroatoms. The van der Waals surface area contributed by atoms with Crippen LogP contribution in [0.15, 0.2) is 30.5 Å². The van der Waals surface area contributed by atoms with E-state index in [2.05, 4.69) is 10.00 Å². The van der Waals surface area contributed by atoms with Crippen molar-refractivity contribution < 1.29 is 9.50 Å². The fourth-order valence-electron chi connectivity index (χ4n) is 2.82. The molecule has 3 rings (SSSR count). The molecule has 1 aliphatic heterocycles. The fraction of sp³-hybridized carbons (Fsp3) is 0.438. The monoisotopic (exact) mass is 289 g/mol. The quantitative estimate of drug-likeness (QED) is 0.941. The summed E-state index contributed by atoms with van der Waals surface area (Å²) in [7, 11) is 0. The lowest BCUT2D eigenvalue weighted by atomic mass is 10.1. The van der Waals surface area contributed by atoms with Crippen LogP contribution in [0.2, 0.25) is 0 Å². The van der Waals surface area contributed by atoms with Crippen LogP contribution in [0.5, 0.6) is 5.88 Å². The first kappa shape index (κ1) is 14.1. The number of hydrogen-bond donors (Lipinski definition) is 1. The van der Waals surface area contributed by atoms with Gasteiger partial charge >= 0.3 is 0 Å². The standard InChI is InChI=1S/C16H20FN3O/c17-15-7-3-2-6-13(15)14-12-20(18-16(14)21)11-10-19-8-4-1-5-9-19/h2-3,6-7,12H,1,4-5,8-11H2,(H,18,21). The van der Waals surface area contributed by atoms with E-state index >= 15 is 0 Å². The Morgan fingerprint density at radius 1 is 1.05 bits per heavy atom. The Bertz CT molecular complexity index is 605. The van der Waals surface area contributed by atoms with Crippen LogP contribution in [0, 0.1) is 5.82 Å². The van der Waals surface area contributed by atoms with Crippen LogP contribution >= 0.6 is 0 Å². The van der Waals surface area contributed by atoms with Gasteiger partial charge in [-0.2, -0.15) is 0 Å². The molecule has 0 unspecified atom stereocenters.